The maximum Gasteiger partial charge on any atom is 0.319 e. The van der Waals surface area contributed by atoms with Crippen LogP contribution in [-0.4, -0.2) is 35.6 Å². The van der Waals surface area contributed by atoms with Gasteiger partial charge in [-0.25, -0.2) is 4.79 Å². The molecule has 0 spiro atoms. The first-order valence-corrected chi connectivity index (χ1v) is 8.74. The third kappa shape index (κ3) is 4.10. The zero-order chi connectivity index (χ0) is 17.8. The number of nitrogens with one attached hydrogen (secondary N) is 2. The first kappa shape index (κ1) is 17.3. The van der Waals surface area contributed by atoms with Gasteiger partial charge in [0.25, 0.3) is 0 Å². The predicted octanol–water partition coefficient (Wildman–Crippen LogP) is 2.58. The fourth-order valence-corrected chi connectivity index (χ4v) is 3.55. The van der Waals surface area contributed by atoms with E-state index in [2.05, 4.69) is 10.6 Å². The largest absolute Gasteiger partial charge is 0.481 e. The fraction of sp³-hybridized carbons (Fsp3) is 0.500. The van der Waals surface area contributed by atoms with Crippen molar-refractivity contribution in [3.8, 4) is 0 Å². The van der Waals surface area contributed by atoms with E-state index < -0.39 is 5.97 Å². The molecule has 1 aromatic carbocycles. The summed E-state index contributed by atoms with van der Waals surface area (Å²) in [5.74, 6) is -0.989. The Morgan fingerprint density at radius 2 is 1.84 bits per heavy atom. The smallest absolute Gasteiger partial charge is 0.319 e. The number of aliphatic carboxylic acids is 1. The van der Waals surface area contributed by atoms with E-state index >= 15 is 0 Å². The summed E-state index contributed by atoms with van der Waals surface area (Å²) in [7, 11) is 0. The molecule has 7 heteroatoms. The number of para-hydroxylation sites is 2. The maximum atomic E-state index is 12.3. The standard InChI is InChI=1S/C18H23N3O4/c22-16-6-3-11-21(16)15-5-2-1-4-14(15)20-18(25)19-13-9-7-12(8-10-13)17(23)24/h1-2,4-5,12-13H,3,6-11H2,(H,23,24)(H2,19,20,25). The summed E-state index contributed by atoms with van der Waals surface area (Å²) in [5.41, 5.74) is 1.32. The molecule has 1 saturated carbocycles. The zero-order valence-corrected chi connectivity index (χ0v) is 14.0. The van der Waals surface area contributed by atoms with Crippen molar-refractivity contribution in [3.05, 3.63) is 24.3 Å². The van der Waals surface area contributed by atoms with Crippen molar-refractivity contribution in [2.24, 2.45) is 5.92 Å². The minimum atomic E-state index is -0.757. The monoisotopic (exact) mass is 345 g/mol. The van der Waals surface area contributed by atoms with Gasteiger partial charge in [0, 0.05) is 19.0 Å². The van der Waals surface area contributed by atoms with Crippen LogP contribution in [0.25, 0.3) is 0 Å². The summed E-state index contributed by atoms with van der Waals surface area (Å²) in [6.07, 6.45) is 3.85. The van der Waals surface area contributed by atoms with Gasteiger partial charge in [-0.2, -0.15) is 0 Å². The number of amides is 3. The third-order valence-corrected chi connectivity index (χ3v) is 4.93. The van der Waals surface area contributed by atoms with Crippen LogP contribution in [0.2, 0.25) is 0 Å². The average molecular weight is 345 g/mol. The molecule has 25 heavy (non-hydrogen) atoms. The molecule has 0 bridgehead atoms. The van der Waals surface area contributed by atoms with Crippen LogP contribution in [0.5, 0.6) is 0 Å². The quantitative estimate of drug-likeness (QED) is 0.781. The number of carbonyl (C=O) groups excluding carboxylic acids is 2. The number of hydrogen-bond acceptors (Lipinski definition) is 3. The van der Waals surface area contributed by atoms with Crippen LogP contribution < -0.4 is 15.5 Å². The van der Waals surface area contributed by atoms with Gasteiger partial charge < -0.3 is 20.6 Å². The van der Waals surface area contributed by atoms with E-state index in [9.17, 15) is 14.4 Å². The molecule has 3 amide bonds. The minimum Gasteiger partial charge on any atom is -0.481 e. The molecule has 2 fully saturated rings. The number of anilines is 2. The lowest BCUT2D eigenvalue weighted by Crippen LogP contribution is -2.41. The van der Waals surface area contributed by atoms with Crippen molar-refractivity contribution in [2.45, 2.75) is 44.6 Å². The van der Waals surface area contributed by atoms with Gasteiger partial charge in [-0.05, 0) is 44.2 Å². The Hall–Kier alpha value is -2.57. The number of benzene rings is 1. The molecular formula is C18H23N3O4. The normalized spacial score (nSPS) is 23.4. The molecule has 0 atom stereocenters. The van der Waals surface area contributed by atoms with Crippen LogP contribution in [0, 0.1) is 5.92 Å². The second-order valence-electron chi connectivity index (χ2n) is 6.65. The lowest BCUT2D eigenvalue weighted by atomic mass is 9.86. The molecule has 0 unspecified atom stereocenters. The van der Waals surface area contributed by atoms with Gasteiger partial charge in [-0.1, -0.05) is 12.1 Å². The molecule has 2 aliphatic rings. The molecule has 1 aliphatic heterocycles. The Morgan fingerprint density at radius 3 is 2.48 bits per heavy atom. The van der Waals surface area contributed by atoms with E-state index in [1.165, 1.54) is 0 Å². The lowest BCUT2D eigenvalue weighted by Gasteiger charge is -2.27. The number of carboxylic acids is 1. The number of rotatable bonds is 4. The van der Waals surface area contributed by atoms with Crippen LogP contribution in [0.3, 0.4) is 0 Å². The molecule has 134 valence electrons. The summed E-state index contributed by atoms with van der Waals surface area (Å²) in [4.78, 5) is 37.0. The number of urea groups is 1. The summed E-state index contributed by atoms with van der Waals surface area (Å²) in [6, 6.07) is 6.93. The summed E-state index contributed by atoms with van der Waals surface area (Å²) in [6.45, 7) is 0.665. The molecule has 0 radical (unpaired) electrons. The highest BCUT2D eigenvalue weighted by molar-refractivity contribution is 6.01. The van der Waals surface area contributed by atoms with Gasteiger partial charge >= 0.3 is 12.0 Å². The highest BCUT2D eigenvalue weighted by Crippen LogP contribution is 2.29. The van der Waals surface area contributed by atoms with E-state index in [1.54, 1.807) is 11.0 Å². The Bertz CT molecular complexity index is 668. The van der Waals surface area contributed by atoms with Gasteiger partial charge in [0.15, 0.2) is 0 Å². The second kappa shape index (κ2) is 7.55. The van der Waals surface area contributed by atoms with E-state index in [-0.39, 0.29) is 23.9 Å². The van der Waals surface area contributed by atoms with Crippen LogP contribution in [-0.2, 0) is 9.59 Å². The van der Waals surface area contributed by atoms with Crippen molar-refractivity contribution >= 4 is 29.3 Å². The van der Waals surface area contributed by atoms with Gasteiger partial charge in [0.2, 0.25) is 5.91 Å². The maximum absolute atomic E-state index is 12.3. The van der Waals surface area contributed by atoms with Gasteiger partial charge in [-0.15, -0.1) is 0 Å². The second-order valence-corrected chi connectivity index (χ2v) is 6.65. The van der Waals surface area contributed by atoms with Crippen LogP contribution >= 0.6 is 0 Å². The van der Waals surface area contributed by atoms with Crippen LogP contribution in [0.1, 0.15) is 38.5 Å². The topological polar surface area (TPSA) is 98.7 Å². The van der Waals surface area contributed by atoms with E-state index in [1.807, 2.05) is 18.2 Å². The average Bonchev–Trinajstić information content (AvgIpc) is 3.01. The Labute approximate surface area is 146 Å². The molecule has 3 N–H and O–H groups in total. The van der Waals surface area contributed by atoms with E-state index in [0.717, 1.165) is 12.1 Å². The Morgan fingerprint density at radius 1 is 1.12 bits per heavy atom. The SMILES string of the molecule is O=C(Nc1ccccc1N1CCCC1=O)NC1CCC(C(=O)O)CC1. The van der Waals surface area contributed by atoms with Gasteiger partial charge in [-0.3, -0.25) is 9.59 Å². The van der Waals surface area contributed by atoms with Crippen molar-refractivity contribution in [2.75, 3.05) is 16.8 Å². The molecule has 1 heterocycles. The third-order valence-electron chi connectivity index (χ3n) is 4.93. The molecular weight excluding hydrogens is 322 g/mol. The Kier molecular flexibility index (Phi) is 5.21. The number of carbonyl (C=O) groups is 3. The number of carboxylic acid groups (broad SMARTS) is 1. The zero-order valence-electron chi connectivity index (χ0n) is 14.0. The highest BCUT2D eigenvalue weighted by atomic mass is 16.4. The van der Waals surface area contributed by atoms with Crippen molar-refractivity contribution in [1.82, 2.24) is 5.32 Å². The fourth-order valence-electron chi connectivity index (χ4n) is 3.55. The molecule has 1 saturated heterocycles. The number of hydrogen-bond donors (Lipinski definition) is 3. The van der Waals surface area contributed by atoms with Crippen molar-refractivity contribution in [1.29, 1.82) is 0 Å². The summed E-state index contributed by atoms with van der Waals surface area (Å²) < 4.78 is 0. The molecule has 0 aromatic heterocycles. The van der Waals surface area contributed by atoms with Gasteiger partial charge in [0.05, 0.1) is 17.3 Å². The Balaban J connectivity index is 1.59. The highest BCUT2D eigenvalue weighted by Gasteiger charge is 2.27. The first-order valence-electron chi connectivity index (χ1n) is 8.74. The molecule has 7 nitrogen and oxygen atoms in total. The minimum absolute atomic E-state index is 0.0174. The lowest BCUT2D eigenvalue weighted by molar-refractivity contribution is -0.142. The summed E-state index contributed by atoms with van der Waals surface area (Å²) in [5, 5.41) is 14.8. The predicted molar refractivity (Wildman–Crippen MR) is 93.6 cm³/mol. The van der Waals surface area contributed by atoms with E-state index in [4.69, 9.17) is 5.11 Å². The van der Waals surface area contributed by atoms with E-state index in [0.29, 0.717) is 44.3 Å². The first-order chi connectivity index (χ1) is 12.0. The van der Waals surface area contributed by atoms with Crippen LogP contribution in [0.4, 0.5) is 16.2 Å². The van der Waals surface area contributed by atoms with Crippen molar-refractivity contribution in [3.63, 3.8) is 0 Å². The van der Waals surface area contributed by atoms with Gasteiger partial charge in [0.1, 0.15) is 0 Å². The number of nitrogens with zero attached hydrogens (tertiary/aromatic N) is 1. The molecule has 1 aromatic rings. The van der Waals surface area contributed by atoms with Crippen molar-refractivity contribution < 1.29 is 19.5 Å². The molecule has 1 aliphatic carbocycles. The summed E-state index contributed by atoms with van der Waals surface area (Å²) >= 11 is 0. The molecule has 3 rings (SSSR count). The van der Waals surface area contributed by atoms with Crippen LogP contribution in [0.15, 0.2) is 24.3 Å².